The van der Waals surface area contributed by atoms with Crippen molar-refractivity contribution < 1.29 is 34.2 Å². The lowest BCUT2D eigenvalue weighted by Gasteiger charge is -2.52. The first-order chi connectivity index (χ1) is 17.4. The van der Waals surface area contributed by atoms with Crippen molar-refractivity contribution in [2.45, 2.75) is 57.3 Å². The van der Waals surface area contributed by atoms with Crippen LogP contribution in [-0.4, -0.2) is 87.4 Å². The van der Waals surface area contributed by atoms with Crippen LogP contribution in [0.25, 0.3) is 0 Å². The number of primary amides is 1. The molecule has 206 valence electrons. The highest BCUT2D eigenvalue weighted by molar-refractivity contribution is 6.34. The minimum absolute atomic E-state index is 0.0207. The summed E-state index contributed by atoms with van der Waals surface area (Å²) >= 11 is 6.78. The first-order valence-electron chi connectivity index (χ1n) is 12.5. The van der Waals surface area contributed by atoms with E-state index >= 15 is 0 Å². The smallest absolute Gasteiger partial charge is 0.235 e. The van der Waals surface area contributed by atoms with Gasteiger partial charge in [-0.3, -0.25) is 33.8 Å². The van der Waals surface area contributed by atoms with Gasteiger partial charge < -0.3 is 15.9 Å². The first-order valence-corrected chi connectivity index (χ1v) is 12.9. The number of hydrogen-bond donors (Lipinski definition) is 3. The number of amides is 1. The number of phenolic OH excluding ortho intramolecular Hbond substituents is 1. The van der Waals surface area contributed by atoms with Gasteiger partial charge in [-0.05, 0) is 77.9 Å². The van der Waals surface area contributed by atoms with Crippen LogP contribution >= 0.6 is 11.6 Å². The van der Waals surface area contributed by atoms with E-state index in [0.29, 0.717) is 22.7 Å². The van der Waals surface area contributed by atoms with Crippen molar-refractivity contribution in [2.24, 2.45) is 29.4 Å². The van der Waals surface area contributed by atoms with E-state index in [-0.39, 0.29) is 29.7 Å². The van der Waals surface area contributed by atoms with E-state index < -0.39 is 64.4 Å². The second kappa shape index (κ2) is 9.22. The van der Waals surface area contributed by atoms with Gasteiger partial charge in [0.1, 0.15) is 5.75 Å². The van der Waals surface area contributed by atoms with Crippen LogP contribution in [0, 0.1) is 23.7 Å². The van der Waals surface area contributed by atoms with Crippen LogP contribution < -0.4 is 5.73 Å². The molecule has 3 aliphatic carbocycles. The van der Waals surface area contributed by atoms with Gasteiger partial charge in [0, 0.05) is 23.0 Å². The van der Waals surface area contributed by atoms with Gasteiger partial charge in [0.05, 0.1) is 17.5 Å². The summed E-state index contributed by atoms with van der Waals surface area (Å²) in [5.41, 5.74) is 3.30. The van der Waals surface area contributed by atoms with Crippen molar-refractivity contribution in [3.63, 3.8) is 0 Å². The monoisotopic (exact) mass is 547 g/mol. The number of hydrogen-bond acceptors (Lipinski definition) is 9. The van der Waals surface area contributed by atoms with Crippen LogP contribution in [-0.2, 0) is 32.1 Å². The number of fused-ring (bicyclic) bond motifs is 3. The molecule has 0 aliphatic heterocycles. The van der Waals surface area contributed by atoms with Gasteiger partial charge in [0.25, 0.3) is 0 Å². The van der Waals surface area contributed by atoms with Crippen molar-refractivity contribution in [3.8, 4) is 5.75 Å². The molecule has 4 N–H and O–H groups in total. The molecule has 2 unspecified atom stereocenters. The molecule has 6 atom stereocenters. The number of benzene rings is 1. The minimum Gasteiger partial charge on any atom is -0.507 e. The fourth-order valence-electron chi connectivity index (χ4n) is 6.32. The zero-order chi connectivity index (χ0) is 28.6. The largest absolute Gasteiger partial charge is 0.507 e. The predicted molar refractivity (Wildman–Crippen MR) is 138 cm³/mol. The third kappa shape index (κ3) is 4.00. The molecule has 3 aliphatic rings. The van der Waals surface area contributed by atoms with Gasteiger partial charge in [0.2, 0.25) is 5.91 Å². The van der Waals surface area contributed by atoms with Gasteiger partial charge in [-0.25, -0.2) is 0 Å². The second-order valence-electron chi connectivity index (χ2n) is 12.0. The van der Waals surface area contributed by atoms with Crippen molar-refractivity contribution >= 4 is 40.6 Å². The number of nitrogens with zero attached hydrogens (tertiary/aromatic N) is 2. The Labute approximate surface area is 226 Å². The lowest BCUT2D eigenvalue weighted by Crippen LogP contribution is -2.74. The van der Waals surface area contributed by atoms with Crippen LogP contribution in [0.2, 0.25) is 5.02 Å². The first kappa shape index (κ1) is 28.4. The summed E-state index contributed by atoms with van der Waals surface area (Å²) in [6.45, 7) is 6.48. The van der Waals surface area contributed by atoms with E-state index in [9.17, 15) is 34.2 Å². The van der Waals surface area contributed by atoms with Crippen molar-refractivity contribution in [1.29, 1.82) is 0 Å². The van der Waals surface area contributed by atoms with E-state index in [2.05, 4.69) is 0 Å². The Bertz CT molecular complexity index is 1270. The Morgan fingerprint density at radius 3 is 2.29 bits per heavy atom. The summed E-state index contributed by atoms with van der Waals surface area (Å²) in [6.07, 6.45) is 0.110. The van der Waals surface area contributed by atoms with Crippen LogP contribution in [0.3, 0.4) is 0 Å². The topological polar surface area (TPSA) is 158 Å². The molecule has 0 heterocycles. The molecule has 1 aromatic carbocycles. The number of carbonyl (C=O) groups is 5. The summed E-state index contributed by atoms with van der Waals surface area (Å²) in [6, 6.07) is 0.259. The SMILES string of the molecule is CN(C)[C@@H]1C(=O)C(C(N)=O)C(=O)[C@@]2(O)C(=O)C3C(=O)c4c(O)cc(CN(C)C(C)(C)C)c(Cl)c4C[C@H]3C[C@@H]12. The molecule has 1 amide bonds. The van der Waals surface area contributed by atoms with Gasteiger partial charge in [0.15, 0.2) is 34.7 Å². The maximum Gasteiger partial charge on any atom is 0.235 e. The zero-order valence-electron chi connectivity index (χ0n) is 22.4. The third-order valence-electron chi connectivity index (χ3n) is 8.62. The summed E-state index contributed by atoms with van der Waals surface area (Å²) in [5.74, 6) is -10.8. The maximum atomic E-state index is 13.8. The molecule has 10 nitrogen and oxygen atoms in total. The fraction of sp³-hybridized carbons (Fsp3) is 0.593. The second-order valence-corrected chi connectivity index (χ2v) is 12.4. The Balaban J connectivity index is 1.82. The minimum atomic E-state index is -2.74. The summed E-state index contributed by atoms with van der Waals surface area (Å²) in [4.78, 5) is 69.5. The van der Waals surface area contributed by atoms with Crippen LogP contribution in [0.5, 0.6) is 5.75 Å². The Morgan fingerprint density at radius 1 is 1.16 bits per heavy atom. The highest BCUT2D eigenvalue weighted by Crippen LogP contribution is 2.51. The van der Waals surface area contributed by atoms with Crippen LogP contribution in [0.4, 0.5) is 0 Å². The molecule has 2 fully saturated rings. The van der Waals surface area contributed by atoms with Gasteiger partial charge in [-0.2, -0.15) is 0 Å². The number of aliphatic hydroxyl groups is 1. The number of likely N-dealkylation sites (N-methyl/N-ethyl adjacent to an activating group) is 1. The Hall–Kier alpha value is -2.66. The van der Waals surface area contributed by atoms with Crippen LogP contribution in [0.1, 0.15) is 48.7 Å². The van der Waals surface area contributed by atoms with E-state index in [1.54, 1.807) is 14.1 Å². The average molecular weight is 548 g/mol. The van der Waals surface area contributed by atoms with Gasteiger partial charge in [-0.15, -0.1) is 0 Å². The molecule has 1 aromatic rings. The molecule has 11 heteroatoms. The lowest BCUT2D eigenvalue weighted by atomic mass is 9.52. The summed E-state index contributed by atoms with van der Waals surface area (Å²) in [5, 5.41) is 22.8. The van der Waals surface area contributed by atoms with E-state index in [4.69, 9.17) is 17.3 Å². The molecule has 0 aromatic heterocycles. The number of carbonyl (C=O) groups excluding carboxylic acids is 5. The maximum absolute atomic E-state index is 13.8. The number of rotatable bonds is 4. The number of aromatic hydroxyl groups is 1. The normalized spacial score (nSPS) is 31.4. The number of ketones is 4. The molecular formula is C27H34ClN3O7. The third-order valence-corrected chi connectivity index (χ3v) is 9.09. The predicted octanol–water partition coefficient (Wildman–Crippen LogP) is 0.751. The van der Waals surface area contributed by atoms with Crippen molar-refractivity contribution in [1.82, 2.24) is 9.80 Å². The van der Waals surface area contributed by atoms with E-state index in [0.717, 1.165) is 0 Å². The van der Waals surface area contributed by atoms with Crippen molar-refractivity contribution in [3.05, 3.63) is 27.8 Å². The number of halogens is 1. The van der Waals surface area contributed by atoms with E-state index in [1.165, 1.54) is 11.0 Å². The fourth-order valence-corrected chi connectivity index (χ4v) is 6.60. The number of Topliss-reactive ketones (excluding diaryl/α,β-unsaturated/α-hetero) is 4. The summed E-state index contributed by atoms with van der Waals surface area (Å²) in [7, 11) is 5.00. The molecule has 2 saturated carbocycles. The van der Waals surface area contributed by atoms with Gasteiger partial charge >= 0.3 is 0 Å². The van der Waals surface area contributed by atoms with Gasteiger partial charge in [-0.1, -0.05) is 11.6 Å². The molecule has 0 spiro atoms. The molecule has 0 radical (unpaired) electrons. The highest BCUT2D eigenvalue weighted by atomic mass is 35.5. The Morgan fingerprint density at radius 2 is 1.76 bits per heavy atom. The Kier molecular flexibility index (Phi) is 6.88. The molecule has 0 saturated heterocycles. The lowest BCUT2D eigenvalue weighted by molar-refractivity contribution is -0.181. The highest BCUT2D eigenvalue weighted by Gasteiger charge is 2.69. The van der Waals surface area contributed by atoms with Crippen LogP contribution in [0.15, 0.2) is 6.07 Å². The quantitative estimate of drug-likeness (QED) is 0.462. The molecule has 4 rings (SSSR count). The molecular weight excluding hydrogens is 514 g/mol. The molecule has 38 heavy (non-hydrogen) atoms. The average Bonchev–Trinajstić information content (AvgIpc) is 2.78. The number of nitrogens with two attached hydrogens (primary N) is 1. The summed E-state index contributed by atoms with van der Waals surface area (Å²) < 4.78 is 0. The zero-order valence-corrected chi connectivity index (χ0v) is 23.1. The van der Waals surface area contributed by atoms with Crippen molar-refractivity contribution in [2.75, 3.05) is 21.1 Å². The standard InChI is InChI=1S/C27H34ClN3O7/c1-26(2,3)31(6)10-12-9-15(32)17-13(19(12)28)7-11-8-14-20(30(4)5)22(34)18(25(29)37)24(36)27(14,38)23(35)16(11)21(17)33/h9,11,14,16,18,20,32,38H,7-8,10H2,1-6H3,(H2,29,37)/t11-,14-,16?,18?,20-,27-/m0/s1. The molecule has 0 bridgehead atoms. The number of phenols is 1. The van der Waals surface area contributed by atoms with E-state index in [1.807, 2.05) is 32.7 Å².